The van der Waals surface area contributed by atoms with Gasteiger partial charge < -0.3 is 15.4 Å². The minimum absolute atomic E-state index is 0.00145. The molecule has 0 bridgehead atoms. The van der Waals surface area contributed by atoms with Crippen LogP contribution in [0.5, 0.6) is 0 Å². The molecule has 1 aromatic rings. The quantitative estimate of drug-likeness (QED) is 0.660. The molecule has 2 N–H and O–H groups in total. The molecule has 1 heterocycles. The summed E-state index contributed by atoms with van der Waals surface area (Å²) < 4.78 is 5.49. The first kappa shape index (κ1) is 15.9. The Labute approximate surface area is 128 Å². The van der Waals surface area contributed by atoms with Crippen LogP contribution in [0.4, 0.5) is 5.69 Å². The standard InChI is InChI=1S/C15H20N2O3S/c1-10(13-7-4-8-20-13)16-14(18)15(19)17-11-5-3-6-12(9-11)21-2/h3,5-6,9-10,13H,4,7-8H2,1-2H3,(H,16,18)(H,17,19). The van der Waals surface area contributed by atoms with Crippen LogP contribution in [-0.2, 0) is 14.3 Å². The second kappa shape index (κ2) is 7.47. The summed E-state index contributed by atoms with van der Waals surface area (Å²) in [6, 6.07) is 7.21. The Bertz CT molecular complexity index is 515. The molecule has 2 unspecified atom stereocenters. The van der Waals surface area contributed by atoms with Crippen molar-refractivity contribution in [1.82, 2.24) is 5.32 Å². The van der Waals surface area contributed by atoms with E-state index in [0.717, 1.165) is 24.3 Å². The van der Waals surface area contributed by atoms with E-state index < -0.39 is 11.8 Å². The van der Waals surface area contributed by atoms with Crippen molar-refractivity contribution in [3.63, 3.8) is 0 Å². The molecule has 0 spiro atoms. The SMILES string of the molecule is CSc1cccc(NC(=O)C(=O)NC(C)C2CCCO2)c1. The Balaban J connectivity index is 1.88. The van der Waals surface area contributed by atoms with Gasteiger partial charge in [0.15, 0.2) is 0 Å². The lowest BCUT2D eigenvalue weighted by Gasteiger charge is -2.19. The van der Waals surface area contributed by atoms with E-state index in [0.29, 0.717) is 5.69 Å². The van der Waals surface area contributed by atoms with E-state index in [1.165, 1.54) is 0 Å². The summed E-state index contributed by atoms with van der Waals surface area (Å²) in [6.45, 7) is 2.58. The van der Waals surface area contributed by atoms with Gasteiger partial charge in [0.2, 0.25) is 0 Å². The molecule has 2 amide bonds. The van der Waals surface area contributed by atoms with Crippen molar-refractivity contribution < 1.29 is 14.3 Å². The maximum Gasteiger partial charge on any atom is 0.313 e. The van der Waals surface area contributed by atoms with Crippen LogP contribution in [0.15, 0.2) is 29.2 Å². The monoisotopic (exact) mass is 308 g/mol. The molecule has 0 aromatic heterocycles. The zero-order valence-corrected chi connectivity index (χ0v) is 13.0. The van der Waals surface area contributed by atoms with Gasteiger partial charge in [-0.15, -0.1) is 11.8 Å². The number of nitrogens with one attached hydrogen (secondary N) is 2. The molecule has 1 aliphatic rings. The highest BCUT2D eigenvalue weighted by atomic mass is 32.2. The third kappa shape index (κ3) is 4.47. The van der Waals surface area contributed by atoms with Crippen molar-refractivity contribution >= 4 is 29.3 Å². The van der Waals surface area contributed by atoms with Gasteiger partial charge in [0, 0.05) is 17.2 Å². The summed E-state index contributed by atoms with van der Waals surface area (Å²) in [5.41, 5.74) is 0.617. The smallest absolute Gasteiger partial charge is 0.313 e. The number of anilines is 1. The topological polar surface area (TPSA) is 67.4 Å². The van der Waals surface area contributed by atoms with E-state index in [1.54, 1.807) is 17.8 Å². The Morgan fingerprint density at radius 1 is 1.38 bits per heavy atom. The van der Waals surface area contributed by atoms with Gasteiger partial charge in [0.1, 0.15) is 0 Å². The molecule has 2 rings (SSSR count). The van der Waals surface area contributed by atoms with Crippen LogP contribution in [-0.4, -0.2) is 36.8 Å². The van der Waals surface area contributed by atoms with E-state index in [2.05, 4.69) is 10.6 Å². The second-order valence-corrected chi connectivity index (χ2v) is 5.88. The molecule has 0 aliphatic carbocycles. The van der Waals surface area contributed by atoms with E-state index in [1.807, 2.05) is 31.4 Å². The Morgan fingerprint density at radius 3 is 2.86 bits per heavy atom. The fraction of sp³-hybridized carbons (Fsp3) is 0.467. The lowest BCUT2D eigenvalue weighted by atomic mass is 10.1. The molecule has 0 radical (unpaired) electrons. The molecule has 2 atom stereocenters. The highest BCUT2D eigenvalue weighted by molar-refractivity contribution is 7.98. The van der Waals surface area contributed by atoms with Gasteiger partial charge in [-0.1, -0.05) is 6.07 Å². The molecular formula is C15H20N2O3S. The maximum absolute atomic E-state index is 11.9. The van der Waals surface area contributed by atoms with E-state index in [9.17, 15) is 9.59 Å². The highest BCUT2D eigenvalue weighted by Crippen LogP contribution is 2.19. The van der Waals surface area contributed by atoms with Crippen molar-refractivity contribution in [2.75, 3.05) is 18.2 Å². The number of ether oxygens (including phenoxy) is 1. The van der Waals surface area contributed by atoms with Crippen molar-refractivity contribution in [2.45, 2.75) is 36.8 Å². The fourth-order valence-corrected chi connectivity index (χ4v) is 2.71. The summed E-state index contributed by atoms with van der Waals surface area (Å²) in [7, 11) is 0. The van der Waals surface area contributed by atoms with Crippen LogP contribution < -0.4 is 10.6 Å². The van der Waals surface area contributed by atoms with Crippen LogP contribution >= 0.6 is 11.8 Å². The normalized spacial score (nSPS) is 19.0. The van der Waals surface area contributed by atoms with Crippen molar-refractivity contribution in [1.29, 1.82) is 0 Å². The molecule has 114 valence electrons. The van der Waals surface area contributed by atoms with Gasteiger partial charge in [0.05, 0.1) is 12.1 Å². The second-order valence-electron chi connectivity index (χ2n) is 5.00. The van der Waals surface area contributed by atoms with Crippen LogP contribution in [0.1, 0.15) is 19.8 Å². The number of carbonyl (C=O) groups is 2. The summed E-state index contributed by atoms with van der Waals surface area (Å²) in [6.07, 6.45) is 3.87. The minimum atomic E-state index is -0.655. The first-order valence-corrected chi connectivity index (χ1v) is 8.20. The zero-order valence-electron chi connectivity index (χ0n) is 12.2. The lowest BCUT2D eigenvalue weighted by molar-refractivity contribution is -0.137. The first-order valence-electron chi connectivity index (χ1n) is 6.97. The summed E-state index contributed by atoms with van der Waals surface area (Å²) in [5.74, 6) is -1.29. The molecular weight excluding hydrogens is 288 g/mol. The van der Waals surface area contributed by atoms with Crippen molar-refractivity contribution in [2.24, 2.45) is 0 Å². The maximum atomic E-state index is 11.9. The molecule has 1 fully saturated rings. The number of amides is 2. The molecule has 0 saturated carbocycles. The molecule has 1 aliphatic heterocycles. The summed E-state index contributed by atoms with van der Waals surface area (Å²) >= 11 is 1.58. The average Bonchev–Trinajstić information content (AvgIpc) is 3.01. The van der Waals surface area contributed by atoms with Gasteiger partial charge in [-0.25, -0.2) is 0 Å². The predicted molar refractivity (Wildman–Crippen MR) is 83.4 cm³/mol. The fourth-order valence-electron chi connectivity index (χ4n) is 2.25. The summed E-state index contributed by atoms with van der Waals surface area (Å²) in [5, 5.41) is 5.30. The largest absolute Gasteiger partial charge is 0.376 e. The van der Waals surface area contributed by atoms with Gasteiger partial charge in [-0.3, -0.25) is 9.59 Å². The van der Waals surface area contributed by atoms with Crippen molar-refractivity contribution in [3.05, 3.63) is 24.3 Å². The highest BCUT2D eigenvalue weighted by Gasteiger charge is 2.25. The van der Waals surface area contributed by atoms with Crippen LogP contribution in [0.3, 0.4) is 0 Å². The third-order valence-electron chi connectivity index (χ3n) is 3.42. The number of thioether (sulfide) groups is 1. The number of carbonyl (C=O) groups excluding carboxylic acids is 2. The first-order chi connectivity index (χ1) is 10.1. The molecule has 5 nitrogen and oxygen atoms in total. The van der Waals surface area contributed by atoms with Gasteiger partial charge in [0.25, 0.3) is 0 Å². The zero-order chi connectivity index (χ0) is 15.2. The number of hydrogen-bond acceptors (Lipinski definition) is 4. The Morgan fingerprint density at radius 2 is 2.19 bits per heavy atom. The molecule has 21 heavy (non-hydrogen) atoms. The Kier molecular flexibility index (Phi) is 5.64. The minimum Gasteiger partial charge on any atom is -0.376 e. The molecule has 1 saturated heterocycles. The lowest BCUT2D eigenvalue weighted by Crippen LogP contribution is -2.45. The number of hydrogen-bond donors (Lipinski definition) is 2. The van der Waals surface area contributed by atoms with Gasteiger partial charge in [-0.05, 0) is 44.2 Å². The van der Waals surface area contributed by atoms with Crippen LogP contribution in [0.2, 0.25) is 0 Å². The van der Waals surface area contributed by atoms with Gasteiger partial charge >= 0.3 is 11.8 Å². The van der Waals surface area contributed by atoms with E-state index in [-0.39, 0.29) is 12.1 Å². The average molecular weight is 308 g/mol. The van der Waals surface area contributed by atoms with Crippen LogP contribution in [0.25, 0.3) is 0 Å². The molecule has 1 aromatic carbocycles. The third-order valence-corrected chi connectivity index (χ3v) is 4.14. The van der Waals surface area contributed by atoms with E-state index in [4.69, 9.17) is 4.74 Å². The van der Waals surface area contributed by atoms with Crippen LogP contribution in [0, 0.1) is 0 Å². The number of benzene rings is 1. The van der Waals surface area contributed by atoms with E-state index >= 15 is 0 Å². The summed E-state index contributed by atoms with van der Waals surface area (Å²) in [4.78, 5) is 24.8. The molecule has 6 heteroatoms. The predicted octanol–water partition coefficient (Wildman–Crippen LogP) is 2.03. The van der Waals surface area contributed by atoms with Crippen molar-refractivity contribution in [3.8, 4) is 0 Å². The van der Waals surface area contributed by atoms with Gasteiger partial charge in [-0.2, -0.15) is 0 Å². The number of rotatable bonds is 4. The Hall–Kier alpha value is -1.53.